The van der Waals surface area contributed by atoms with Crippen LogP contribution in [0.5, 0.6) is 0 Å². The van der Waals surface area contributed by atoms with E-state index in [4.69, 9.17) is 5.73 Å². The Morgan fingerprint density at radius 3 is 2.20 bits per heavy atom. The van der Waals surface area contributed by atoms with Crippen LogP contribution in [0.25, 0.3) is 0 Å². The first-order valence-electron chi connectivity index (χ1n) is 6.80. The van der Waals surface area contributed by atoms with Crippen molar-refractivity contribution in [3.05, 3.63) is 66.2 Å². The second kappa shape index (κ2) is 6.87. The molecule has 1 unspecified atom stereocenters. The fourth-order valence-electron chi connectivity index (χ4n) is 2.12. The largest absolute Gasteiger partial charge is 0.320 e. The third-order valence-electron chi connectivity index (χ3n) is 3.38. The molecular weight excluding hydrogens is 248 g/mol. The molecular formula is C17H20N2O. The standard InChI is InChI=1S/C17H20N2O/c1-19(15-10-6-3-7-11-15)17(20)16(18)13-12-14-8-4-2-5-9-14/h2-11,16H,12-13,18H2,1H3. The fourth-order valence-corrected chi connectivity index (χ4v) is 2.12. The quantitative estimate of drug-likeness (QED) is 0.906. The lowest BCUT2D eigenvalue weighted by atomic mass is 10.0. The zero-order valence-electron chi connectivity index (χ0n) is 11.7. The molecule has 0 aliphatic rings. The van der Waals surface area contributed by atoms with Gasteiger partial charge in [-0.1, -0.05) is 48.5 Å². The van der Waals surface area contributed by atoms with E-state index in [0.29, 0.717) is 6.42 Å². The zero-order chi connectivity index (χ0) is 14.4. The van der Waals surface area contributed by atoms with Gasteiger partial charge in [0, 0.05) is 12.7 Å². The van der Waals surface area contributed by atoms with E-state index in [2.05, 4.69) is 12.1 Å². The average molecular weight is 268 g/mol. The molecule has 0 fully saturated rings. The van der Waals surface area contributed by atoms with E-state index in [1.165, 1.54) is 5.56 Å². The zero-order valence-corrected chi connectivity index (χ0v) is 11.7. The van der Waals surface area contributed by atoms with E-state index in [1.54, 1.807) is 11.9 Å². The molecule has 1 atom stereocenters. The molecule has 0 saturated heterocycles. The van der Waals surface area contributed by atoms with Gasteiger partial charge in [-0.3, -0.25) is 4.79 Å². The number of amides is 1. The van der Waals surface area contributed by atoms with Crippen molar-refractivity contribution < 1.29 is 4.79 Å². The van der Waals surface area contributed by atoms with E-state index < -0.39 is 6.04 Å². The van der Waals surface area contributed by atoms with Gasteiger partial charge in [0.2, 0.25) is 5.91 Å². The van der Waals surface area contributed by atoms with E-state index in [9.17, 15) is 4.79 Å². The van der Waals surface area contributed by atoms with Crippen molar-refractivity contribution in [2.45, 2.75) is 18.9 Å². The molecule has 0 aliphatic carbocycles. The molecule has 3 heteroatoms. The van der Waals surface area contributed by atoms with E-state index >= 15 is 0 Å². The lowest BCUT2D eigenvalue weighted by molar-refractivity contribution is -0.119. The minimum absolute atomic E-state index is 0.0490. The highest BCUT2D eigenvalue weighted by Crippen LogP contribution is 2.13. The minimum Gasteiger partial charge on any atom is -0.320 e. The van der Waals surface area contributed by atoms with Crippen LogP contribution in [0.15, 0.2) is 60.7 Å². The number of para-hydroxylation sites is 1. The predicted molar refractivity (Wildman–Crippen MR) is 82.6 cm³/mol. The summed E-state index contributed by atoms with van der Waals surface area (Å²) in [6.07, 6.45) is 1.47. The number of aryl methyl sites for hydroxylation is 1. The molecule has 2 aromatic rings. The fraction of sp³-hybridized carbons (Fsp3) is 0.235. The molecule has 0 radical (unpaired) electrons. The van der Waals surface area contributed by atoms with Crippen molar-refractivity contribution in [1.82, 2.24) is 0 Å². The Bertz CT molecular complexity index is 539. The lowest BCUT2D eigenvalue weighted by Gasteiger charge is -2.21. The minimum atomic E-state index is -0.472. The first kappa shape index (κ1) is 14.3. The van der Waals surface area contributed by atoms with E-state index in [0.717, 1.165) is 12.1 Å². The maximum atomic E-state index is 12.3. The SMILES string of the molecule is CN(C(=O)C(N)CCc1ccccc1)c1ccccc1. The molecule has 0 aliphatic heterocycles. The summed E-state index contributed by atoms with van der Waals surface area (Å²) in [5, 5.41) is 0. The van der Waals surface area contributed by atoms with E-state index in [1.807, 2.05) is 48.5 Å². The molecule has 0 saturated carbocycles. The number of carbonyl (C=O) groups excluding carboxylic acids is 1. The van der Waals surface area contributed by atoms with Crippen molar-refractivity contribution in [1.29, 1.82) is 0 Å². The summed E-state index contributed by atoms with van der Waals surface area (Å²) in [6.45, 7) is 0. The monoisotopic (exact) mass is 268 g/mol. The third-order valence-corrected chi connectivity index (χ3v) is 3.38. The van der Waals surface area contributed by atoms with Gasteiger partial charge in [0.05, 0.1) is 6.04 Å². The molecule has 0 spiro atoms. The summed E-state index contributed by atoms with van der Waals surface area (Å²) in [6, 6.07) is 19.2. The van der Waals surface area contributed by atoms with Crippen LogP contribution in [0, 0.1) is 0 Å². The Kier molecular flexibility index (Phi) is 4.91. The van der Waals surface area contributed by atoms with Crippen LogP contribution in [0.4, 0.5) is 5.69 Å². The van der Waals surface area contributed by atoms with Crippen LogP contribution < -0.4 is 10.6 Å². The molecule has 20 heavy (non-hydrogen) atoms. The smallest absolute Gasteiger partial charge is 0.243 e. The van der Waals surface area contributed by atoms with Gasteiger partial charge in [-0.05, 0) is 30.5 Å². The number of nitrogens with zero attached hydrogens (tertiary/aromatic N) is 1. The molecule has 1 amide bonds. The van der Waals surface area contributed by atoms with Crippen molar-refractivity contribution in [3.8, 4) is 0 Å². The van der Waals surface area contributed by atoms with Gasteiger partial charge in [-0.15, -0.1) is 0 Å². The topological polar surface area (TPSA) is 46.3 Å². The van der Waals surface area contributed by atoms with Crippen molar-refractivity contribution in [2.24, 2.45) is 5.73 Å². The molecule has 2 N–H and O–H groups in total. The van der Waals surface area contributed by atoms with Crippen molar-refractivity contribution in [3.63, 3.8) is 0 Å². The Hall–Kier alpha value is -2.13. The van der Waals surface area contributed by atoms with Gasteiger partial charge in [0.25, 0.3) is 0 Å². The maximum absolute atomic E-state index is 12.3. The number of anilines is 1. The normalized spacial score (nSPS) is 11.9. The summed E-state index contributed by atoms with van der Waals surface area (Å²) < 4.78 is 0. The molecule has 0 heterocycles. The van der Waals surface area contributed by atoms with Crippen LogP contribution in [-0.2, 0) is 11.2 Å². The van der Waals surface area contributed by atoms with Gasteiger partial charge in [-0.25, -0.2) is 0 Å². The first-order valence-corrected chi connectivity index (χ1v) is 6.80. The summed E-state index contributed by atoms with van der Waals surface area (Å²) >= 11 is 0. The highest BCUT2D eigenvalue weighted by molar-refractivity contribution is 5.96. The van der Waals surface area contributed by atoms with Crippen molar-refractivity contribution >= 4 is 11.6 Å². The van der Waals surface area contributed by atoms with Gasteiger partial charge in [-0.2, -0.15) is 0 Å². The second-order valence-corrected chi connectivity index (χ2v) is 4.86. The second-order valence-electron chi connectivity index (χ2n) is 4.86. The van der Waals surface area contributed by atoms with Crippen LogP contribution in [-0.4, -0.2) is 19.0 Å². The lowest BCUT2D eigenvalue weighted by Crippen LogP contribution is -2.42. The van der Waals surface area contributed by atoms with Gasteiger partial charge in [0.1, 0.15) is 0 Å². The Morgan fingerprint density at radius 2 is 1.60 bits per heavy atom. The Labute approximate surface area is 120 Å². The number of benzene rings is 2. The maximum Gasteiger partial charge on any atom is 0.243 e. The summed E-state index contributed by atoms with van der Waals surface area (Å²) in [4.78, 5) is 13.9. The third kappa shape index (κ3) is 3.68. The highest BCUT2D eigenvalue weighted by Gasteiger charge is 2.18. The van der Waals surface area contributed by atoms with Crippen LogP contribution in [0.1, 0.15) is 12.0 Å². The van der Waals surface area contributed by atoms with Crippen molar-refractivity contribution in [2.75, 3.05) is 11.9 Å². The molecule has 2 aromatic carbocycles. The number of hydrogen-bond donors (Lipinski definition) is 1. The Morgan fingerprint density at radius 1 is 1.05 bits per heavy atom. The summed E-state index contributed by atoms with van der Waals surface area (Å²) in [5.41, 5.74) is 8.09. The van der Waals surface area contributed by atoms with Gasteiger partial charge in [0.15, 0.2) is 0 Å². The van der Waals surface area contributed by atoms with Crippen LogP contribution in [0.3, 0.4) is 0 Å². The molecule has 0 aromatic heterocycles. The molecule has 2 rings (SSSR count). The summed E-state index contributed by atoms with van der Waals surface area (Å²) in [7, 11) is 1.76. The average Bonchev–Trinajstić information content (AvgIpc) is 2.53. The number of nitrogens with two attached hydrogens (primary N) is 1. The number of carbonyl (C=O) groups is 1. The molecule has 3 nitrogen and oxygen atoms in total. The van der Waals surface area contributed by atoms with Gasteiger partial charge >= 0.3 is 0 Å². The van der Waals surface area contributed by atoms with Gasteiger partial charge < -0.3 is 10.6 Å². The number of hydrogen-bond acceptors (Lipinski definition) is 2. The number of likely N-dealkylation sites (N-methyl/N-ethyl adjacent to an activating group) is 1. The molecule has 0 bridgehead atoms. The summed E-state index contributed by atoms with van der Waals surface area (Å²) in [5.74, 6) is -0.0490. The molecule has 104 valence electrons. The van der Waals surface area contributed by atoms with Crippen LogP contribution >= 0.6 is 0 Å². The van der Waals surface area contributed by atoms with E-state index in [-0.39, 0.29) is 5.91 Å². The highest BCUT2D eigenvalue weighted by atomic mass is 16.2. The van der Waals surface area contributed by atoms with Crippen LogP contribution in [0.2, 0.25) is 0 Å². The predicted octanol–water partition coefficient (Wildman–Crippen LogP) is 2.61. The number of rotatable bonds is 5. The Balaban J connectivity index is 1.92. The first-order chi connectivity index (χ1) is 9.68.